The fourth-order valence-electron chi connectivity index (χ4n) is 2.40. The molecule has 0 heterocycles. The summed E-state index contributed by atoms with van der Waals surface area (Å²) in [5.74, 6) is -2.66. The quantitative estimate of drug-likeness (QED) is 0.844. The van der Waals surface area contributed by atoms with E-state index in [0.717, 1.165) is 24.1 Å². The third-order valence-corrected chi connectivity index (χ3v) is 3.48. The van der Waals surface area contributed by atoms with Gasteiger partial charge in [0.15, 0.2) is 11.6 Å². The van der Waals surface area contributed by atoms with E-state index in [9.17, 15) is 18.4 Å². The molecule has 2 aromatic carbocycles. The van der Waals surface area contributed by atoms with E-state index in [1.807, 2.05) is 12.1 Å². The predicted molar refractivity (Wildman–Crippen MR) is 93.6 cm³/mol. The molecule has 0 saturated carbocycles. The van der Waals surface area contributed by atoms with Crippen LogP contribution in [0.4, 0.5) is 20.2 Å². The van der Waals surface area contributed by atoms with Gasteiger partial charge in [-0.3, -0.25) is 9.59 Å². The number of halogens is 2. The summed E-state index contributed by atoms with van der Waals surface area (Å²) in [5, 5.41) is 4.87. The maximum Gasteiger partial charge on any atom is 0.255 e. The maximum atomic E-state index is 13.5. The molecule has 2 aromatic rings. The van der Waals surface area contributed by atoms with Gasteiger partial charge in [0.05, 0.1) is 11.4 Å². The van der Waals surface area contributed by atoms with Crippen molar-refractivity contribution in [1.29, 1.82) is 0 Å². The zero-order chi connectivity index (χ0) is 18.6. The highest BCUT2D eigenvalue weighted by atomic mass is 19.2. The Balaban J connectivity index is 2.22. The SMILES string of the molecule is CC(=O)Nc1cc(F)c(F)cc1NC(=O)c1ccc(CC(C)C)cc1. The first-order chi connectivity index (χ1) is 11.8. The second kappa shape index (κ2) is 7.88. The first kappa shape index (κ1) is 18.6. The molecule has 0 aromatic heterocycles. The third kappa shape index (κ3) is 5.11. The Hall–Kier alpha value is -2.76. The number of amides is 2. The molecule has 0 fully saturated rings. The summed E-state index contributed by atoms with van der Waals surface area (Å²) in [6, 6.07) is 8.73. The zero-order valence-electron chi connectivity index (χ0n) is 14.3. The Kier molecular flexibility index (Phi) is 5.85. The van der Waals surface area contributed by atoms with Crippen molar-refractivity contribution in [2.75, 3.05) is 10.6 Å². The Morgan fingerprint density at radius 2 is 1.48 bits per heavy atom. The van der Waals surface area contributed by atoms with Crippen molar-refractivity contribution in [3.8, 4) is 0 Å². The van der Waals surface area contributed by atoms with Crippen LogP contribution < -0.4 is 10.6 Å². The van der Waals surface area contributed by atoms with Gasteiger partial charge in [0.2, 0.25) is 5.91 Å². The van der Waals surface area contributed by atoms with E-state index in [-0.39, 0.29) is 11.4 Å². The van der Waals surface area contributed by atoms with Crippen molar-refractivity contribution >= 4 is 23.2 Å². The standard InChI is InChI=1S/C19H20F2N2O2/c1-11(2)8-13-4-6-14(7-5-13)19(25)23-18-10-16(21)15(20)9-17(18)22-12(3)24/h4-7,9-11H,8H2,1-3H3,(H,22,24)(H,23,25). The maximum absolute atomic E-state index is 13.5. The molecule has 0 saturated heterocycles. The molecule has 0 unspecified atom stereocenters. The molecule has 2 amide bonds. The Morgan fingerprint density at radius 1 is 0.960 bits per heavy atom. The summed E-state index contributed by atoms with van der Waals surface area (Å²) in [7, 11) is 0. The average Bonchev–Trinajstić information content (AvgIpc) is 2.51. The van der Waals surface area contributed by atoms with E-state index in [1.54, 1.807) is 12.1 Å². The molecule has 0 bridgehead atoms. The molecule has 0 aliphatic heterocycles. The van der Waals surface area contributed by atoms with Gasteiger partial charge >= 0.3 is 0 Å². The molecule has 0 radical (unpaired) electrons. The summed E-state index contributed by atoms with van der Waals surface area (Å²) < 4.78 is 26.9. The highest BCUT2D eigenvalue weighted by Gasteiger charge is 2.14. The van der Waals surface area contributed by atoms with Crippen LogP contribution in [0.15, 0.2) is 36.4 Å². The van der Waals surface area contributed by atoms with Crippen LogP contribution in [0.3, 0.4) is 0 Å². The molecule has 2 N–H and O–H groups in total. The monoisotopic (exact) mass is 346 g/mol. The number of hydrogen-bond acceptors (Lipinski definition) is 2. The fourth-order valence-corrected chi connectivity index (χ4v) is 2.40. The van der Waals surface area contributed by atoms with Gasteiger partial charge in [-0.15, -0.1) is 0 Å². The van der Waals surface area contributed by atoms with E-state index >= 15 is 0 Å². The van der Waals surface area contributed by atoms with E-state index in [4.69, 9.17) is 0 Å². The van der Waals surface area contributed by atoms with Crippen LogP contribution in [-0.2, 0) is 11.2 Å². The highest BCUT2D eigenvalue weighted by molar-refractivity contribution is 6.07. The Bertz CT molecular complexity index is 787. The third-order valence-electron chi connectivity index (χ3n) is 3.48. The summed E-state index contributed by atoms with van der Waals surface area (Å²) >= 11 is 0. The first-order valence-corrected chi connectivity index (χ1v) is 7.93. The van der Waals surface area contributed by atoms with Crippen LogP contribution in [0, 0.1) is 17.6 Å². The molecule has 25 heavy (non-hydrogen) atoms. The molecule has 0 atom stereocenters. The van der Waals surface area contributed by atoms with Crippen molar-refractivity contribution in [2.45, 2.75) is 27.2 Å². The summed E-state index contributed by atoms with van der Waals surface area (Å²) in [5.41, 5.74) is 1.48. The predicted octanol–water partition coefficient (Wildman–Crippen LogP) is 4.37. The highest BCUT2D eigenvalue weighted by Crippen LogP contribution is 2.26. The summed E-state index contributed by atoms with van der Waals surface area (Å²) in [6.07, 6.45) is 0.901. The minimum atomic E-state index is -1.11. The Labute approximate surface area is 145 Å². The van der Waals surface area contributed by atoms with Crippen LogP contribution in [0.1, 0.15) is 36.7 Å². The van der Waals surface area contributed by atoms with Gasteiger partial charge in [-0.1, -0.05) is 26.0 Å². The lowest BCUT2D eigenvalue weighted by Crippen LogP contribution is -2.16. The number of carbonyl (C=O) groups is 2. The van der Waals surface area contributed by atoms with Gasteiger partial charge in [0.25, 0.3) is 5.91 Å². The number of benzene rings is 2. The van der Waals surface area contributed by atoms with Gasteiger partial charge in [0, 0.05) is 24.6 Å². The van der Waals surface area contributed by atoms with Gasteiger partial charge in [-0.25, -0.2) is 8.78 Å². The topological polar surface area (TPSA) is 58.2 Å². The summed E-state index contributed by atoms with van der Waals surface area (Å²) in [6.45, 7) is 5.45. The molecule has 132 valence electrons. The zero-order valence-corrected chi connectivity index (χ0v) is 14.3. The van der Waals surface area contributed by atoms with E-state index in [1.165, 1.54) is 6.92 Å². The second-order valence-corrected chi connectivity index (χ2v) is 6.24. The lowest BCUT2D eigenvalue weighted by atomic mass is 10.0. The van der Waals surface area contributed by atoms with Crippen molar-refractivity contribution in [3.63, 3.8) is 0 Å². The van der Waals surface area contributed by atoms with Gasteiger partial charge < -0.3 is 10.6 Å². The van der Waals surface area contributed by atoms with Crippen LogP contribution in [0.2, 0.25) is 0 Å². The molecule has 0 spiro atoms. The summed E-state index contributed by atoms with van der Waals surface area (Å²) in [4.78, 5) is 23.5. The molecule has 2 rings (SSSR count). The van der Waals surface area contributed by atoms with E-state index in [2.05, 4.69) is 24.5 Å². The van der Waals surface area contributed by atoms with E-state index in [0.29, 0.717) is 11.5 Å². The van der Waals surface area contributed by atoms with Crippen LogP contribution in [-0.4, -0.2) is 11.8 Å². The molecule has 0 aliphatic carbocycles. The second-order valence-electron chi connectivity index (χ2n) is 6.24. The van der Waals surface area contributed by atoms with Crippen molar-refractivity contribution in [3.05, 3.63) is 59.2 Å². The van der Waals surface area contributed by atoms with Gasteiger partial charge in [-0.05, 0) is 30.0 Å². The van der Waals surface area contributed by atoms with Crippen LogP contribution in [0.25, 0.3) is 0 Å². The number of hydrogen-bond donors (Lipinski definition) is 2. The normalized spacial score (nSPS) is 10.6. The minimum Gasteiger partial charge on any atom is -0.324 e. The van der Waals surface area contributed by atoms with Crippen molar-refractivity contribution < 1.29 is 18.4 Å². The Morgan fingerprint density at radius 3 is 1.96 bits per heavy atom. The van der Waals surface area contributed by atoms with Gasteiger partial charge in [0.1, 0.15) is 0 Å². The molecular formula is C19H20F2N2O2. The van der Waals surface area contributed by atoms with Crippen LogP contribution >= 0.6 is 0 Å². The molecule has 4 nitrogen and oxygen atoms in total. The minimum absolute atomic E-state index is 0.00354. The largest absolute Gasteiger partial charge is 0.324 e. The smallest absolute Gasteiger partial charge is 0.255 e. The first-order valence-electron chi connectivity index (χ1n) is 7.93. The van der Waals surface area contributed by atoms with Gasteiger partial charge in [-0.2, -0.15) is 0 Å². The fraction of sp³-hybridized carbons (Fsp3) is 0.263. The van der Waals surface area contributed by atoms with Crippen LogP contribution in [0.5, 0.6) is 0 Å². The van der Waals surface area contributed by atoms with E-state index < -0.39 is 23.4 Å². The number of rotatable bonds is 5. The molecular weight excluding hydrogens is 326 g/mol. The molecule has 6 heteroatoms. The van der Waals surface area contributed by atoms with Crippen molar-refractivity contribution in [1.82, 2.24) is 0 Å². The number of carbonyl (C=O) groups excluding carboxylic acids is 2. The lowest BCUT2D eigenvalue weighted by molar-refractivity contribution is -0.114. The number of nitrogens with one attached hydrogen (secondary N) is 2. The number of anilines is 2. The van der Waals surface area contributed by atoms with Crippen molar-refractivity contribution in [2.24, 2.45) is 5.92 Å². The average molecular weight is 346 g/mol. The molecule has 0 aliphatic rings. The lowest BCUT2D eigenvalue weighted by Gasteiger charge is -2.12.